The average Bonchev–Trinajstić information content (AvgIpc) is 2.83. The number of amides is 1. The molecule has 2 atom stereocenters. The van der Waals surface area contributed by atoms with Crippen LogP contribution in [0.4, 0.5) is 4.39 Å². The number of carbonyl (C=O) groups is 3. The van der Waals surface area contributed by atoms with Crippen LogP contribution in [0, 0.1) is 22.6 Å². The molecule has 1 amide bonds. The van der Waals surface area contributed by atoms with E-state index in [9.17, 15) is 18.8 Å². The summed E-state index contributed by atoms with van der Waals surface area (Å²) in [6, 6.07) is 5.80. The minimum absolute atomic E-state index is 0.211. The Morgan fingerprint density at radius 1 is 1.27 bits per heavy atom. The molecule has 3 rings (SSSR count). The fraction of sp³-hybridized carbons (Fsp3) is 0.471. The van der Waals surface area contributed by atoms with Crippen molar-refractivity contribution in [3.63, 3.8) is 0 Å². The van der Waals surface area contributed by atoms with Crippen LogP contribution in [0.2, 0.25) is 0 Å². The van der Waals surface area contributed by atoms with E-state index in [2.05, 4.69) is 5.32 Å². The molecule has 22 heavy (non-hydrogen) atoms. The van der Waals surface area contributed by atoms with E-state index in [1.807, 2.05) is 13.8 Å². The number of benzene rings is 1. The Bertz CT molecular complexity index is 665. The molecule has 2 saturated carbocycles. The van der Waals surface area contributed by atoms with Gasteiger partial charge in [-0.05, 0) is 36.0 Å². The van der Waals surface area contributed by atoms with E-state index in [0.717, 1.165) is 5.56 Å². The van der Waals surface area contributed by atoms with Crippen LogP contribution in [0.1, 0.15) is 32.3 Å². The van der Waals surface area contributed by atoms with Crippen LogP contribution in [0.25, 0.3) is 0 Å². The summed E-state index contributed by atoms with van der Waals surface area (Å²) in [4.78, 5) is 37.1. The normalized spacial score (nSPS) is 29.0. The van der Waals surface area contributed by atoms with Crippen molar-refractivity contribution >= 4 is 17.5 Å². The first kappa shape index (κ1) is 14.9. The minimum atomic E-state index is -1.24. The van der Waals surface area contributed by atoms with Gasteiger partial charge in [0.2, 0.25) is 17.5 Å². The maximum absolute atomic E-state index is 12.9. The zero-order chi connectivity index (χ0) is 16.1. The predicted octanol–water partition coefficient (Wildman–Crippen LogP) is 2.02. The minimum Gasteiger partial charge on any atom is -0.351 e. The van der Waals surface area contributed by atoms with E-state index >= 15 is 0 Å². The van der Waals surface area contributed by atoms with Crippen LogP contribution in [0.5, 0.6) is 0 Å². The molecule has 1 N–H and O–H groups in total. The first-order chi connectivity index (χ1) is 10.3. The van der Waals surface area contributed by atoms with Crippen molar-refractivity contribution in [2.24, 2.45) is 16.7 Å². The lowest BCUT2D eigenvalue weighted by Crippen LogP contribution is -2.50. The third-order valence-electron chi connectivity index (χ3n) is 5.46. The van der Waals surface area contributed by atoms with Crippen molar-refractivity contribution < 1.29 is 18.8 Å². The van der Waals surface area contributed by atoms with Crippen molar-refractivity contribution in [1.82, 2.24) is 5.32 Å². The molecule has 0 unspecified atom stereocenters. The Hall–Kier alpha value is -2.04. The molecule has 2 aliphatic carbocycles. The summed E-state index contributed by atoms with van der Waals surface area (Å²) in [7, 11) is 0. The number of fused-ring (bicyclic) bond motifs is 2. The highest BCUT2D eigenvalue weighted by molar-refractivity contribution is 6.47. The van der Waals surface area contributed by atoms with Crippen LogP contribution in [-0.2, 0) is 20.9 Å². The molecule has 0 heterocycles. The van der Waals surface area contributed by atoms with Gasteiger partial charge in [-0.25, -0.2) is 4.39 Å². The van der Waals surface area contributed by atoms with E-state index < -0.39 is 22.4 Å². The maximum Gasteiger partial charge on any atom is 0.235 e. The quantitative estimate of drug-likeness (QED) is 0.686. The van der Waals surface area contributed by atoms with Gasteiger partial charge in [-0.2, -0.15) is 0 Å². The molecule has 1 aromatic rings. The van der Waals surface area contributed by atoms with Crippen molar-refractivity contribution in [3.05, 3.63) is 35.6 Å². The molecule has 2 fully saturated rings. The van der Waals surface area contributed by atoms with Crippen molar-refractivity contribution in [3.8, 4) is 0 Å². The topological polar surface area (TPSA) is 63.2 Å². The van der Waals surface area contributed by atoms with E-state index in [1.165, 1.54) is 12.1 Å². The summed E-state index contributed by atoms with van der Waals surface area (Å²) in [6.45, 7) is 3.86. The van der Waals surface area contributed by atoms with Gasteiger partial charge < -0.3 is 5.32 Å². The van der Waals surface area contributed by atoms with E-state index in [1.54, 1.807) is 12.1 Å². The van der Waals surface area contributed by atoms with Crippen LogP contribution >= 0.6 is 0 Å². The fourth-order valence-corrected chi connectivity index (χ4v) is 4.02. The number of hydrogen-bond acceptors (Lipinski definition) is 3. The highest BCUT2D eigenvalue weighted by Crippen LogP contribution is 2.62. The lowest BCUT2D eigenvalue weighted by molar-refractivity contribution is -0.149. The monoisotopic (exact) mass is 303 g/mol. The van der Waals surface area contributed by atoms with Crippen LogP contribution < -0.4 is 5.32 Å². The Morgan fingerprint density at radius 2 is 1.91 bits per heavy atom. The summed E-state index contributed by atoms with van der Waals surface area (Å²) in [5.41, 5.74) is -1.14. The van der Waals surface area contributed by atoms with Crippen molar-refractivity contribution in [2.45, 2.75) is 33.2 Å². The van der Waals surface area contributed by atoms with E-state index in [4.69, 9.17) is 0 Å². The molecule has 4 nitrogen and oxygen atoms in total. The summed E-state index contributed by atoms with van der Waals surface area (Å²) in [6.07, 6.45) is 1.01. The number of hydrogen-bond donors (Lipinski definition) is 1. The van der Waals surface area contributed by atoms with Gasteiger partial charge in [0, 0.05) is 12.5 Å². The Balaban J connectivity index is 1.81. The molecule has 0 radical (unpaired) electrons. The van der Waals surface area contributed by atoms with Gasteiger partial charge in [0.15, 0.2) is 0 Å². The largest absolute Gasteiger partial charge is 0.351 e. The van der Waals surface area contributed by atoms with Gasteiger partial charge in [0.25, 0.3) is 0 Å². The standard InChI is InChI=1S/C17H18FNO3/c1-16(2)12-7-8-17(16,14(21)13(12)20)15(22)19-9-10-3-5-11(18)6-4-10/h3-6,12H,7-9H2,1-2H3,(H,19,22)/t12-,17+/m1/s1. The summed E-state index contributed by atoms with van der Waals surface area (Å²) < 4.78 is 12.9. The highest BCUT2D eigenvalue weighted by Gasteiger charge is 2.72. The van der Waals surface area contributed by atoms with Gasteiger partial charge in [-0.15, -0.1) is 0 Å². The second-order valence-corrected chi connectivity index (χ2v) is 6.72. The van der Waals surface area contributed by atoms with Gasteiger partial charge in [0.05, 0.1) is 0 Å². The summed E-state index contributed by atoms with van der Waals surface area (Å²) in [5.74, 6) is -2.04. The van der Waals surface area contributed by atoms with Crippen molar-refractivity contribution in [1.29, 1.82) is 0 Å². The molecular weight excluding hydrogens is 285 g/mol. The molecule has 2 bridgehead atoms. The third-order valence-corrected chi connectivity index (χ3v) is 5.46. The van der Waals surface area contributed by atoms with Crippen molar-refractivity contribution in [2.75, 3.05) is 0 Å². The summed E-state index contributed by atoms with van der Waals surface area (Å²) in [5, 5.41) is 2.75. The first-order valence-electron chi connectivity index (χ1n) is 7.42. The van der Waals surface area contributed by atoms with Crippen LogP contribution in [-0.4, -0.2) is 17.5 Å². The van der Waals surface area contributed by atoms with Gasteiger partial charge in [0.1, 0.15) is 11.2 Å². The first-order valence-corrected chi connectivity index (χ1v) is 7.42. The van der Waals surface area contributed by atoms with Gasteiger partial charge in [-0.3, -0.25) is 14.4 Å². The number of carbonyl (C=O) groups excluding carboxylic acids is 3. The molecule has 1 aromatic carbocycles. The second kappa shape index (κ2) is 4.73. The molecule has 0 aliphatic heterocycles. The van der Waals surface area contributed by atoms with E-state index in [-0.39, 0.29) is 24.2 Å². The van der Waals surface area contributed by atoms with Gasteiger partial charge >= 0.3 is 0 Å². The number of ketones is 2. The molecule has 2 aliphatic rings. The lowest BCUT2D eigenvalue weighted by atomic mass is 9.68. The smallest absolute Gasteiger partial charge is 0.235 e. The number of halogens is 1. The second-order valence-electron chi connectivity index (χ2n) is 6.72. The fourth-order valence-electron chi connectivity index (χ4n) is 4.02. The Morgan fingerprint density at radius 3 is 2.45 bits per heavy atom. The zero-order valence-electron chi connectivity index (χ0n) is 12.6. The van der Waals surface area contributed by atoms with E-state index in [0.29, 0.717) is 12.8 Å². The molecule has 116 valence electrons. The Kier molecular flexibility index (Phi) is 3.20. The zero-order valence-corrected chi connectivity index (χ0v) is 12.6. The number of Topliss-reactive ketones (excluding diaryl/α,β-unsaturated/α-hetero) is 2. The molecule has 0 aromatic heterocycles. The average molecular weight is 303 g/mol. The SMILES string of the molecule is CC1(C)[C@@H]2CC[C@@]1(C(=O)NCc1ccc(F)cc1)C(=O)C2=O. The third kappa shape index (κ3) is 1.77. The molecule has 5 heteroatoms. The Labute approximate surface area is 128 Å². The number of nitrogens with one attached hydrogen (secondary N) is 1. The maximum atomic E-state index is 12.9. The molecule has 0 saturated heterocycles. The summed E-state index contributed by atoms with van der Waals surface area (Å²) >= 11 is 0. The molecular formula is C17H18FNO3. The van der Waals surface area contributed by atoms with Gasteiger partial charge in [-0.1, -0.05) is 26.0 Å². The number of rotatable bonds is 3. The van der Waals surface area contributed by atoms with Crippen LogP contribution in [0.15, 0.2) is 24.3 Å². The molecule has 0 spiro atoms. The lowest BCUT2D eigenvalue weighted by Gasteiger charge is -2.33. The predicted molar refractivity (Wildman–Crippen MR) is 77.2 cm³/mol. The highest BCUT2D eigenvalue weighted by atomic mass is 19.1. The van der Waals surface area contributed by atoms with Crippen LogP contribution in [0.3, 0.4) is 0 Å².